The molecule has 0 saturated heterocycles. The fraction of sp³-hybridized carbons (Fsp3) is 0.231. The van der Waals surface area contributed by atoms with Gasteiger partial charge < -0.3 is 4.42 Å². The topological polar surface area (TPSA) is 51.2 Å². The minimum absolute atomic E-state index is 0.0480. The van der Waals surface area contributed by atoms with Gasteiger partial charge in [-0.15, -0.1) is 0 Å². The number of hydrazine groups is 1. The summed E-state index contributed by atoms with van der Waals surface area (Å²) in [7, 11) is 0. The van der Waals surface area contributed by atoms with Crippen LogP contribution in [-0.4, -0.2) is 0 Å². The molecular formula is C13H15FN2O. The number of furan rings is 1. The molecule has 1 atom stereocenters. The number of nitrogens with one attached hydrogen (secondary N) is 1. The normalized spacial score (nSPS) is 12.6. The summed E-state index contributed by atoms with van der Waals surface area (Å²) in [6.45, 7) is 1.87. The van der Waals surface area contributed by atoms with E-state index in [0.29, 0.717) is 6.42 Å². The quantitative estimate of drug-likeness (QED) is 0.631. The molecule has 2 rings (SSSR count). The van der Waals surface area contributed by atoms with Gasteiger partial charge in [-0.25, -0.2) is 4.39 Å². The highest BCUT2D eigenvalue weighted by atomic mass is 19.1. The molecule has 0 spiro atoms. The van der Waals surface area contributed by atoms with Gasteiger partial charge in [-0.3, -0.25) is 11.3 Å². The van der Waals surface area contributed by atoms with Gasteiger partial charge in [0.05, 0.1) is 18.6 Å². The molecule has 0 saturated carbocycles. The largest absolute Gasteiger partial charge is 0.472 e. The summed E-state index contributed by atoms with van der Waals surface area (Å²) in [5, 5.41) is 0. The summed E-state index contributed by atoms with van der Waals surface area (Å²) in [6, 6.07) is 6.56. The number of rotatable bonds is 4. The first-order valence-corrected chi connectivity index (χ1v) is 5.44. The highest BCUT2D eigenvalue weighted by molar-refractivity contribution is 5.30. The van der Waals surface area contributed by atoms with Crippen LogP contribution >= 0.6 is 0 Å². The summed E-state index contributed by atoms with van der Waals surface area (Å²) in [4.78, 5) is 0. The third-order valence-electron chi connectivity index (χ3n) is 2.83. The number of hydrogen-bond donors (Lipinski definition) is 2. The first kappa shape index (κ1) is 11.8. The predicted molar refractivity (Wildman–Crippen MR) is 63.6 cm³/mol. The van der Waals surface area contributed by atoms with Crippen molar-refractivity contribution in [2.75, 3.05) is 0 Å². The molecule has 0 aliphatic carbocycles. The molecule has 1 aromatic heterocycles. The monoisotopic (exact) mass is 234 g/mol. The van der Waals surface area contributed by atoms with Crippen molar-refractivity contribution in [3.05, 3.63) is 59.3 Å². The van der Waals surface area contributed by atoms with Gasteiger partial charge in [0.15, 0.2) is 0 Å². The Morgan fingerprint density at radius 1 is 1.41 bits per heavy atom. The van der Waals surface area contributed by atoms with E-state index in [1.165, 1.54) is 12.1 Å². The molecule has 90 valence electrons. The van der Waals surface area contributed by atoms with Crippen LogP contribution in [0.15, 0.2) is 41.2 Å². The zero-order valence-corrected chi connectivity index (χ0v) is 9.61. The molecule has 17 heavy (non-hydrogen) atoms. The maximum atomic E-state index is 13.0. The van der Waals surface area contributed by atoms with Crippen molar-refractivity contribution in [1.82, 2.24) is 5.43 Å². The molecule has 0 fully saturated rings. The van der Waals surface area contributed by atoms with Gasteiger partial charge in [0, 0.05) is 0 Å². The zero-order valence-electron chi connectivity index (χ0n) is 9.61. The van der Waals surface area contributed by atoms with Gasteiger partial charge >= 0.3 is 0 Å². The highest BCUT2D eigenvalue weighted by Gasteiger charge is 2.13. The average Bonchev–Trinajstić information content (AvgIpc) is 2.79. The average molecular weight is 234 g/mol. The van der Waals surface area contributed by atoms with Crippen LogP contribution in [-0.2, 0) is 6.42 Å². The number of nitrogens with two attached hydrogens (primary N) is 1. The van der Waals surface area contributed by atoms with Crippen molar-refractivity contribution >= 4 is 0 Å². The van der Waals surface area contributed by atoms with Crippen LogP contribution in [0.3, 0.4) is 0 Å². The first-order valence-electron chi connectivity index (χ1n) is 5.44. The van der Waals surface area contributed by atoms with Gasteiger partial charge in [0.25, 0.3) is 0 Å². The molecule has 4 heteroatoms. The molecule has 3 N–H and O–H groups in total. The van der Waals surface area contributed by atoms with E-state index in [2.05, 4.69) is 5.43 Å². The molecule has 0 bridgehead atoms. The van der Waals surface area contributed by atoms with E-state index in [0.717, 1.165) is 16.7 Å². The van der Waals surface area contributed by atoms with Gasteiger partial charge in [0.1, 0.15) is 5.82 Å². The summed E-state index contributed by atoms with van der Waals surface area (Å²) in [5.74, 6) is 5.32. The van der Waals surface area contributed by atoms with Gasteiger partial charge in [-0.05, 0) is 48.2 Å². The molecule has 0 aliphatic rings. The molecular weight excluding hydrogens is 219 g/mol. The van der Waals surface area contributed by atoms with Crippen LogP contribution < -0.4 is 11.3 Å². The number of benzene rings is 1. The van der Waals surface area contributed by atoms with Crippen molar-refractivity contribution in [1.29, 1.82) is 0 Å². The van der Waals surface area contributed by atoms with Crippen LogP contribution in [0.2, 0.25) is 0 Å². The third kappa shape index (κ3) is 2.72. The van der Waals surface area contributed by atoms with Gasteiger partial charge in [-0.2, -0.15) is 0 Å². The highest BCUT2D eigenvalue weighted by Crippen LogP contribution is 2.22. The summed E-state index contributed by atoms with van der Waals surface area (Å²) < 4.78 is 18.0. The summed E-state index contributed by atoms with van der Waals surface area (Å²) in [6.07, 6.45) is 4.02. The van der Waals surface area contributed by atoms with Crippen LogP contribution in [0.4, 0.5) is 4.39 Å². The Morgan fingerprint density at radius 2 is 2.24 bits per heavy atom. The predicted octanol–water partition coefficient (Wildman–Crippen LogP) is 2.47. The van der Waals surface area contributed by atoms with Crippen molar-refractivity contribution < 1.29 is 8.81 Å². The second-order valence-electron chi connectivity index (χ2n) is 4.06. The third-order valence-corrected chi connectivity index (χ3v) is 2.83. The number of hydrogen-bond acceptors (Lipinski definition) is 3. The van der Waals surface area contributed by atoms with Crippen molar-refractivity contribution in [2.24, 2.45) is 5.84 Å². The molecule has 2 aromatic rings. The van der Waals surface area contributed by atoms with Crippen molar-refractivity contribution in [3.63, 3.8) is 0 Å². The van der Waals surface area contributed by atoms with Crippen molar-refractivity contribution in [3.8, 4) is 0 Å². The lowest BCUT2D eigenvalue weighted by molar-refractivity contribution is 0.532. The zero-order chi connectivity index (χ0) is 12.3. The fourth-order valence-electron chi connectivity index (χ4n) is 1.93. The Morgan fingerprint density at radius 3 is 2.82 bits per heavy atom. The standard InChI is InChI=1S/C13H15FN2O/c1-9-6-11(14)2-3-12(9)13(16-15)7-10-4-5-17-8-10/h2-6,8,13,16H,7,15H2,1H3. The second kappa shape index (κ2) is 5.12. The summed E-state index contributed by atoms with van der Waals surface area (Å²) in [5.41, 5.74) is 5.69. The molecule has 3 nitrogen and oxygen atoms in total. The first-order chi connectivity index (χ1) is 8.20. The lowest BCUT2D eigenvalue weighted by Gasteiger charge is -2.17. The van der Waals surface area contributed by atoms with E-state index in [-0.39, 0.29) is 11.9 Å². The molecule has 1 unspecified atom stereocenters. The van der Waals surface area contributed by atoms with Crippen LogP contribution in [0, 0.1) is 12.7 Å². The molecule has 1 aromatic carbocycles. The van der Waals surface area contributed by atoms with Crippen molar-refractivity contribution in [2.45, 2.75) is 19.4 Å². The summed E-state index contributed by atoms with van der Waals surface area (Å²) >= 11 is 0. The smallest absolute Gasteiger partial charge is 0.123 e. The molecule has 0 radical (unpaired) electrons. The number of aryl methyl sites for hydroxylation is 1. The molecule has 0 amide bonds. The van der Waals surface area contributed by atoms with E-state index in [1.54, 1.807) is 18.6 Å². The van der Waals surface area contributed by atoms with E-state index in [1.807, 2.05) is 13.0 Å². The maximum absolute atomic E-state index is 13.0. The van der Waals surface area contributed by atoms with Gasteiger partial charge in [0.2, 0.25) is 0 Å². The van der Waals surface area contributed by atoms with Gasteiger partial charge in [-0.1, -0.05) is 6.07 Å². The lowest BCUT2D eigenvalue weighted by atomic mass is 9.97. The SMILES string of the molecule is Cc1cc(F)ccc1C(Cc1ccoc1)NN. The maximum Gasteiger partial charge on any atom is 0.123 e. The van der Waals surface area contributed by atoms with E-state index in [9.17, 15) is 4.39 Å². The Bertz CT molecular complexity index is 482. The minimum Gasteiger partial charge on any atom is -0.472 e. The van der Waals surface area contributed by atoms with Crippen LogP contribution in [0.5, 0.6) is 0 Å². The Labute approximate surface area is 99.4 Å². The fourth-order valence-corrected chi connectivity index (χ4v) is 1.93. The van der Waals surface area contributed by atoms with E-state index in [4.69, 9.17) is 10.3 Å². The number of halogens is 1. The Hall–Kier alpha value is -1.65. The van der Waals surface area contributed by atoms with E-state index < -0.39 is 0 Å². The van der Waals surface area contributed by atoms with E-state index >= 15 is 0 Å². The Balaban J connectivity index is 2.23. The minimum atomic E-state index is -0.231. The lowest BCUT2D eigenvalue weighted by Crippen LogP contribution is -2.30. The van der Waals surface area contributed by atoms with Crippen LogP contribution in [0.25, 0.3) is 0 Å². The van der Waals surface area contributed by atoms with Crippen LogP contribution in [0.1, 0.15) is 22.7 Å². The Kier molecular flexibility index (Phi) is 3.56. The molecule has 0 aliphatic heterocycles. The second-order valence-corrected chi connectivity index (χ2v) is 4.06. The molecule has 1 heterocycles.